The Morgan fingerprint density at radius 3 is 2.65 bits per heavy atom. The van der Waals surface area contributed by atoms with E-state index in [1.807, 2.05) is 0 Å². The van der Waals surface area contributed by atoms with E-state index < -0.39 is 11.9 Å². The Labute approximate surface area is 99.4 Å². The van der Waals surface area contributed by atoms with Crippen molar-refractivity contribution >= 4 is 17.9 Å². The monoisotopic (exact) mass is 243 g/mol. The second-order valence-corrected chi connectivity index (χ2v) is 4.16. The number of carbonyl (C=O) groups excluding carboxylic acids is 2. The molecule has 0 aliphatic carbocycles. The average Bonchev–Trinajstić information content (AvgIpc) is 2.28. The number of carboxylic acid groups (broad SMARTS) is 1. The predicted octanol–water partition coefficient (Wildman–Crippen LogP) is -0.809. The molecular formula is C10H17N3O4. The molecule has 2 N–H and O–H groups in total. The van der Waals surface area contributed by atoms with E-state index in [9.17, 15) is 14.4 Å². The summed E-state index contributed by atoms with van der Waals surface area (Å²) in [4.78, 5) is 36.5. The summed E-state index contributed by atoms with van der Waals surface area (Å²) in [6.07, 6.45) is 0. The zero-order valence-corrected chi connectivity index (χ0v) is 9.97. The van der Waals surface area contributed by atoms with Crippen LogP contribution >= 0.6 is 0 Å². The van der Waals surface area contributed by atoms with Gasteiger partial charge in [-0.2, -0.15) is 0 Å². The van der Waals surface area contributed by atoms with E-state index in [1.165, 1.54) is 11.8 Å². The van der Waals surface area contributed by atoms with Gasteiger partial charge in [0.05, 0.1) is 5.92 Å². The highest BCUT2D eigenvalue weighted by atomic mass is 16.4. The molecule has 96 valence electrons. The zero-order valence-electron chi connectivity index (χ0n) is 9.97. The minimum Gasteiger partial charge on any atom is -0.481 e. The summed E-state index contributed by atoms with van der Waals surface area (Å²) >= 11 is 0. The van der Waals surface area contributed by atoms with Gasteiger partial charge in [-0.15, -0.1) is 0 Å². The Hall–Kier alpha value is -1.79. The molecule has 0 saturated carbocycles. The molecule has 17 heavy (non-hydrogen) atoms. The smallest absolute Gasteiger partial charge is 0.317 e. The van der Waals surface area contributed by atoms with Gasteiger partial charge in [-0.3, -0.25) is 9.59 Å². The molecule has 1 saturated heterocycles. The molecule has 3 amide bonds. The largest absolute Gasteiger partial charge is 0.481 e. The molecule has 1 unspecified atom stereocenters. The normalized spacial score (nSPS) is 17.9. The van der Waals surface area contributed by atoms with Crippen LogP contribution in [-0.4, -0.2) is 66.0 Å². The Balaban J connectivity index is 2.38. The SMILES string of the molecule is CC(CNC(=O)N1CCN(C)C(=O)C1)C(=O)O. The number of amides is 3. The molecule has 0 aromatic rings. The number of aliphatic carboxylic acids is 1. The van der Waals surface area contributed by atoms with E-state index in [-0.39, 0.29) is 25.0 Å². The average molecular weight is 243 g/mol. The number of nitrogens with one attached hydrogen (secondary N) is 1. The third-order valence-electron chi connectivity index (χ3n) is 2.73. The summed E-state index contributed by atoms with van der Waals surface area (Å²) < 4.78 is 0. The Morgan fingerprint density at radius 2 is 2.12 bits per heavy atom. The first kappa shape index (κ1) is 13.3. The van der Waals surface area contributed by atoms with Gasteiger partial charge in [-0.1, -0.05) is 6.92 Å². The topological polar surface area (TPSA) is 90.0 Å². The van der Waals surface area contributed by atoms with E-state index >= 15 is 0 Å². The first-order valence-corrected chi connectivity index (χ1v) is 5.41. The fourth-order valence-electron chi connectivity index (χ4n) is 1.37. The summed E-state index contributed by atoms with van der Waals surface area (Å²) in [7, 11) is 1.68. The third-order valence-corrected chi connectivity index (χ3v) is 2.73. The van der Waals surface area contributed by atoms with Crippen LogP contribution in [0.15, 0.2) is 0 Å². The fraction of sp³-hybridized carbons (Fsp3) is 0.700. The Bertz CT molecular complexity index is 332. The van der Waals surface area contributed by atoms with Gasteiger partial charge >= 0.3 is 12.0 Å². The van der Waals surface area contributed by atoms with Gasteiger partial charge in [0.15, 0.2) is 0 Å². The van der Waals surface area contributed by atoms with Crippen LogP contribution in [-0.2, 0) is 9.59 Å². The highest BCUT2D eigenvalue weighted by molar-refractivity contribution is 5.85. The van der Waals surface area contributed by atoms with E-state index in [2.05, 4.69) is 5.32 Å². The van der Waals surface area contributed by atoms with Crippen LogP contribution in [0.5, 0.6) is 0 Å². The van der Waals surface area contributed by atoms with E-state index in [0.29, 0.717) is 13.1 Å². The maximum Gasteiger partial charge on any atom is 0.317 e. The molecule has 0 bridgehead atoms. The van der Waals surface area contributed by atoms with Crippen LogP contribution in [0.2, 0.25) is 0 Å². The number of likely N-dealkylation sites (N-methyl/N-ethyl adjacent to an activating group) is 1. The van der Waals surface area contributed by atoms with Crippen molar-refractivity contribution in [2.24, 2.45) is 5.92 Å². The van der Waals surface area contributed by atoms with Crippen molar-refractivity contribution in [1.29, 1.82) is 0 Å². The maximum atomic E-state index is 11.6. The predicted molar refractivity (Wildman–Crippen MR) is 59.4 cm³/mol. The van der Waals surface area contributed by atoms with Crippen molar-refractivity contribution in [2.45, 2.75) is 6.92 Å². The molecule has 0 spiro atoms. The molecule has 1 rings (SSSR count). The highest BCUT2D eigenvalue weighted by Crippen LogP contribution is 2.01. The number of carboxylic acids is 1. The first-order chi connectivity index (χ1) is 7.91. The number of hydrogen-bond donors (Lipinski definition) is 2. The number of piperazine rings is 1. The number of carbonyl (C=O) groups is 3. The molecule has 0 aromatic heterocycles. The molecule has 1 heterocycles. The van der Waals surface area contributed by atoms with E-state index in [1.54, 1.807) is 11.9 Å². The van der Waals surface area contributed by atoms with Gasteiger partial charge < -0.3 is 20.2 Å². The van der Waals surface area contributed by atoms with Gasteiger partial charge in [0.1, 0.15) is 6.54 Å². The van der Waals surface area contributed by atoms with Crippen LogP contribution in [0.3, 0.4) is 0 Å². The van der Waals surface area contributed by atoms with Gasteiger partial charge in [-0.25, -0.2) is 4.79 Å². The van der Waals surface area contributed by atoms with Gasteiger partial charge in [0.25, 0.3) is 0 Å². The van der Waals surface area contributed by atoms with Crippen molar-refractivity contribution in [3.63, 3.8) is 0 Å². The molecule has 0 aromatic carbocycles. The zero-order chi connectivity index (χ0) is 13.0. The summed E-state index contributed by atoms with van der Waals surface area (Å²) in [6, 6.07) is -0.389. The van der Waals surface area contributed by atoms with Gasteiger partial charge in [-0.05, 0) is 0 Å². The Morgan fingerprint density at radius 1 is 1.47 bits per heavy atom. The first-order valence-electron chi connectivity index (χ1n) is 5.41. The van der Waals surface area contributed by atoms with Crippen molar-refractivity contribution in [3.8, 4) is 0 Å². The summed E-state index contributed by atoms with van der Waals surface area (Å²) in [5.74, 6) is -1.71. The van der Waals surface area contributed by atoms with Crippen LogP contribution in [0.4, 0.5) is 4.79 Å². The molecular weight excluding hydrogens is 226 g/mol. The third kappa shape index (κ3) is 3.61. The molecule has 1 aliphatic heterocycles. The minimum atomic E-state index is -0.959. The highest BCUT2D eigenvalue weighted by Gasteiger charge is 2.25. The molecule has 1 atom stereocenters. The lowest BCUT2D eigenvalue weighted by atomic mass is 10.2. The van der Waals surface area contributed by atoms with Crippen molar-refractivity contribution in [2.75, 3.05) is 33.2 Å². The van der Waals surface area contributed by atoms with Crippen LogP contribution in [0.25, 0.3) is 0 Å². The van der Waals surface area contributed by atoms with Crippen molar-refractivity contribution in [1.82, 2.24) is 15.1 Å². The molecule has 7 nitrogen and oxygen atoms in total. The molecule has 1 fully saturated rings. The molecule has 0 radical (unpaired) electrons. The van der Waals surface area contributed by atoms with Crippen LogP contribution in [0.1, 0.15) is 6.92 Å². The van der Waals surface area contributed by atoms with E-state index in [4.69, 9.17) is 5.11 Å². The van der Waals surface area contributed by atoms with Crippen molar-refractivity contribution in [3.05, 3.63) is 0 Å². The second-order valence-electron chi connectivity index (χ2n) is 4.16. The van der Waals surface area contributed by atoms with Crippen LogP contribution < -0.4 is 5.32 Å². The maximum absolute atomic E-state index is 11.6. The molecule has 1 aliphatic rings. The lowest BCUT2D eigenvalue weighted by molar-refractivity contribution is -0.141. The lowest BCUT2D eigenvalue weighted by Crippen LogP contribution is -2.54. The fourth-order valence-corrected chi connectivity index (χ4v) is 1.37. The van der Waals surface area contributed by atoms with Gasteiger partial charge in [0, 0.05) is 26.7 Å². The summed E-state index contributed by atoms with van der Waals surface area (Å²) in [5.41, 5.74) is 0. The quantitative estimate of drug-likeness (QED) is 0.678. The van der Waals surface area contributed by atoms with Crippen LogP contribution in [0, 0.1) is 5.92 Å². The number of hydrogen-bond acceptors (Lipinski definition) is 3. The summed E-state index contributed by atoms with van der Waals surface area (Å²) in [6.45, 7) is 2.59. The Kier molecular flexibility index (Phi) is 4.30. The number of nitrogens with zero attached hydrogens (tertiary/aromatic N) is 2. The number of urea groups is 1. The lowest BCUT2D eigenvalue weighted by Gasteiger charge is -2.32. The molecule has 7 heteroatoms. The van der Waals surface area contributed by atoms with E-state index in [0.717, 1.165) is 0 Å². The number of rotatable bonds is 3. The minimum absolute atomic E-state index is 0.0454. The second kappa shape index (κ2) is 5.51. The van der Waals surface area contributed by atoms with Crippen molar-refractivity contribution < 1.29 is 19.5 Å². The summed E-state index contributed by atoms with van der Waals surface area (Å²) in [5, 5.41) is 11.2. The van der Waals surface area contributed by atoms with Gasteiger partial charge in [0.2, 0.25) is 5.91 Å². The standard InChI is InChI=1S/C10H17N3O4/c1-7(9(15)16)5-11-10(17)13-4-3-12(2)8(14)6-13/h7H,3-6H2,1-2H3,(H,11,17)(H,15,16).